The van der Waals surface area contributed by atoms with Crippen LogP contribution < -0.4 is 0 Å². The lowest BCUT2D eigenvalue weighted by Gasteiger charge is -2.17. The Morgan fingerprint density at radius 1 is 1.20 bits per heavy atom. The fraction of sp³-hybridized carbons (Fsp3) is 0.700. The SMILES string of the molecule is COP(=O)(OC)C(C(C)=O)=C1CCCC1. The van der Waals surface area contributed by atoms with E-state index >= 15 is 0 Å². The fourth-order valence-corrected chi connectivity index (χ4v) is 3.44. The third-order valence-corrected chi connectivity index (χ3v) is 4.77. The molecule has 0 aliphatic heterocycles. The first-order valence-electron chi connectivity index (χ1n) is 5.00. The largest absolute Gasteiger partial charge is 0.364 e. The van der Waals surface area contributed by atoms with Crippen LogP contribution in [0.25, 0.3) is 0 Å². The van der Waals surface area contributed by atoms with Crippen LogP contribution in [0.5, 0.6) is 0 Å². The summed E-state index contributed by atoms with van der Waals surface area (Å²) in [5.74, 6) is -0.209. The Bertz CT molecular complexity index is 316. The van der Waals surface area contributed by atoms with Crippen LogP contribution in [0.15, 0.2) is 10.9 Å². The maximum atomic E-state index is 12.2. The van der Waals surface area contributed by atoms with Crippen molar-refractivity contribution in [1.82, 2.24) is 0 Å². The van der Waals surface area contributed by atoms with Crippen molar-refractivity contribution in [2.24, 2.45) is 0 Å². The predicted molar refractivity (Wildman–Crippen MR) is 57.8 cm³/mol. The maximum absolute atomic E-state index is 12.2. The highest BCUT2D eigenvalue weighted by molar-refractivity contribution is 7.60. The molecule has 1 rings (SSSR count). The molecular weight excluding hydrogens is 215 g/mol. The predicted octanol–water partition coefficient (Wildman–Crippen LogP) is 2.89. The van der Waals surface area contributed by atoms with Gasteiger partial charge in [0.15, 0.2) is 5.78 Å². The summed E-state index contributed by atoms with van der Waals surface area (Å²) in [7, 11) is -0.750. The quantitative estimate of drug-likeness (QED) is 0.552. The molecule has 4 nitrogen and oxygen atoms in total. The van der Waals surface area contributed by atoms with E-state index < -0.39 is 7.60 Å². The van der Waals surface area contributed by atoms with E-state index in [2.05, 4.69) is 0 Å². The molecule has 0 atom stereocenters. The number of hydrogen-bond acceptors (Lipinski definition) is 4. The molecule has 1 aliphatic rings. The van der Waals surface area contributed by atoms with Crippen LogP contribution in [0.4, 0.5) is 0 Å². The van der Waals surface area contributed by atoms with E-state index in [-0.39, 0.29) is 11.1 Å². The van der Waals surface area contributed by atoms with Gasteiger partial charge in [0.05, 0.1) is 0 Å². The highest BCUT2D eigenvalue weighted by atomic mass is 31.2. The zero-order valence-corrected chi connectivity index (χ0v) is 10.3. The number of Topliss-reactive ketones (excluding diaryl/α,β-unsaturated/α-hetero) is 1. The van der Waals surface area contributed by atoms with Gasteiger partial charge in [-0.05, 0) is 32.6 Å². The van der Waals surface area contributed by atoms with E-state index in [0.717, 1.165) is 31.3 Å². The molecule has 0 heterocycles. The van der Waals surface area contributed by atoms with Crippen LogP contribution in [0.3, 0.4) is 0 Å². The van der Waals surface area contributed by atoms with Crippen LogP contribution in [0, 0.1) is 0 Å². The lowest BCUT2D eigenvalue weighted by Crippen LogP contribution is -2.04. The van der Waals surface area contributed by atoms with E-state index in [1.807, 2.05) is 0 Å². The second-order valence-electron chi connectivity index (χ2n) is 3.58. The van der Waals surface area contributed by atoms with E-state index in [1.54, 1.807) is 0 Å². The van der Waals surface area contributed by atoms with E-state index in [1.165, 1.54) is 21.1 Å². The number of rotatable bonds is 4. The van der Waals surface area contributed by atoms with Crippen molar-refractivity contribution in [3.63, 3.8) is 0 Å². The molecule has 0 amide bonds. The first-order valence-corrected chi connectivity index (χ1v) is 6.54. The van der Waals surface area contributed by atoms with Gasteiger partial charge in [-0.1, -0.05) is 5.57 Å². The van der Waals surface area contributed by atoms with Crippen molar-refractivity contribution in [2.45, 2.75) is 32.6 Å². The van der Waals surface area contributed by atoms with Gasteiger partial charge >= 0.3 is 7.60 Å². The highest BCUT2D eigenvalue weighted by Crippen LogP contribution is 2.57. The highest BCUT2D eigenvalue weighted by Gasteiger charge is 2.34. The summed E-state index contributed by atoms with van der Waals surface area (Å²) in [6.07, 6.45) is 3.73. The van der Waals surface area contributed by atoms with Crippen molar-refractivity contribution >= 4 is 13.4 Å². The number of ketones is 1. The number of carbonyl (C=O) groups is 1. The lowest BCUT2D eigenvalue weighted by atomic mass is 10.2. The number of allylic oxidation sites excluding steroid dienone is 2. The van der Waals surface area contributed by atoms with Gasteiger partial charge in [-0.3, -0.25) is 9.36 Å². The maximum Gasteiger partial charge on any atom is 0.364 e. The Kier molecular flexibility index (Phi) is 4.26. The van der Waals surface area contributed by atoms with Crippen LogP contribution in [0.1, 0.15) is 32.6 Å². The minimum absolute atomic E-state index is 0.209. The molecule has 0 spiro atoms. The number of hydrogen-bond donors (Lipinski definition) is 0. The third kappa shape index (κ3) is 2.57. The first-order chi connectivity index (χ1) is 7.05. The minimum Gasteiger partial charge on any atom is -0.308 e. The van der Waals surface area contributed by atoms with Gasteiger partial charge in [0, 0.05) is 14.2 Å². The summed E-state index contributed by atoms with van der Waals surface area (Å²) in [6, 6.07) is 0. The van der Waals surface area contributed by atoms with Crippen molar-refractivity contribution < 1.29 is 18.4 Å². The van der Waals surface area contributed by atoms with Crippen LogP contribution in [-0.2, 0) is 18.4 Å². The molecule has 0 bridgehead atoms. The summed E-state index contributed by atoms with van der Waals surface area (Å²) >= 11 is 0. The molecule has 1 aliphatic carbocycles. The van der Waals surface area contributed by atoms with Crippen molar-refractivity contribution in [3.05, 3.63) is 10.9 Å². The van der Waals surface area contributed by atoms with E-state index in [0.29, 0.717) is 0 Å². The van der Waals surface area contributed by atoms with Gasteiger partial charge in [0.2, 0.25) is 0 Å². The summed E-state index contributed by atoms with van der Waals surface area (Å²) < 4.78 is 21.9. The third-order valence-electron chi connectivity index (χ3n) is 2.63. The normalized spacial score (nSPS) is 16.9. The summed E-state index contributed by atoms with van der Waals surface area (Å²) in [4.78, 5) is 11.5. The standard InChI is InChI=1S/C10H17O4P/c1-8(11)10(9-6-4-5-7-9)15(12,13-2)14-3/h4-7H2,1-3H3. The second kappa shape index (κ2) is 5.06. The molecule has 0 N–H and O–H groups in total. The van der Waals surface area contributed by atoms with Gasteiger partial charge in [0.25, 0.3) is 0 Å². The van der Waals surface area contributed by atoms with Gasteiger partial charge < -0.3 is 9.05 Å². The Labute approximate surface area is 90.2 Å². The van der Waals surface area contributed by atoms with E-state index in [9.17, 15) is 9.36 Å². The number of carbonyl (C=O) groups excluding carboxylic acids is 1. The Morgan fingerprint density at radius 2 is 1.67 bits per heavy atom. The summed E-state index contributed by atoms with van der Waals surface area (Å²) in [5.41, 5.74) is 0.939. The van der Waals surface area contributed by atoms with Crippen molar-refractivity contribution in [2.75, 3.05) is 14.2 Å². The Balaban J connectivity index is 3.18. The van der Waals surface area contributed by atoms with Gasteiger partial charge in [0.1, 0.15) is 5.31 Å². The average Bonchev–Trinajstić information content (AvgIpc) is 2.70. The molecule has 0 saturated heterocycles. The molecular formula is C10H17O4P. The molecule has 0 aromatic rings. The van der Waals surface area contributed by atoms with Gasteiger partial charge in [-0.25, -0.2) is 0 Å². The molecule has 1 saturated carbocycles. The smallest absolute Gasteiger partial charge is 0.308 e. The monoisotopic (exact) mass is 232 g/mol. The summed E-state index contributed by atoms with van der Waals surface area (Å²) in [5, 5.41) is 0.269. The Hall–Kier alpha value is -0.440. The molecule has 1 fully saturated rings. The average molecular weight is 232 g/mol. The van der Waals surface area contributed by atoms with E-state index in [4.69, 9.17) is 9.05 Å². The zero-order valence-electron chi connectivity index (χ0n) is 9.41. The summed E-state index contributed by atoms with van der Waals surface area (Å²) in [6.45, 7) is 1.41. The second-order valence-corrected chi connectivity index (χ2v) is 5.75. The van der Waals surface area contributed by atoms with Crippen LogP contribution in [-0.4, -0.2) is 20.0 Å². The molecule has 0 aromatic heterocycles. The van der Waals surface area contributed by atoms with Crippen LogP contribution >= 0.6 is 7.60 Å². The lowest BCUT2D eigenvalue weighted by molar-refractivity contribution is -0.113. The minimum atomic E-state index is -3.37. The molecule has 5 heteroatoms. The van der Waals surface area contributed by atoms with Crippen molar-refractivity contribution in [1.29, 1.82) is 0 Å². The van der Waals surface area contributed by atoms with Gasteiger partial charge in [-0.15, -0.1) is 0 Å². The molecule has 0 unspecified atom stereocenters. The molecule has 0 aromatic carbocycles. The fourth-order valence-electron chi connectivity index (χ4n) is 1.93. The van der Waals surface area contributed by atoms with Crippen molar-refractivity contribution in [3.8, 4) is 0 Å². The Morgan fingerprint density at radius 3 is 2.00 bits per heavy atom. The molecule has 15 heavy (non-hydrogen) atoms. The first kappa shape index (κ1) is 12.6. The van der Waals surface area contributed by atoms with Gasteiger partial charge in [-0.2, -0.15) is 0 Å². The van der Waals surface area contributed by atoms with Crippen LogP contribution in [0.2, 0.25) is 0 Å². The molecule has 0 radical (unpaired) electrons. The molecule has 86 valence electrons. The topological polar surface area (TPSA) is 52.6 Å². The zero-order chi connectivity index (χ0) is 11.5.